The van der Waals surface area contributed by atoms with E-state index in [9.17, 15) is 14.4 Å². The van der Waals surface area contributed by atoms with Crippen molar-refractivity contribution >= 4 is 17.9 Å². The Bertz CT molecular complexity index is 1250. The fourth-order valence-electron chi connectivity index (χ4n) is 9.27. The average molecular weight is 1010 g/mol. The van der Waals surface area contributed by atoms with Crippen LogP contribution in [0.2, 0.25) is 0 Å². The first-order chi connectivity index (χ1) is 35.5. The van der Waals surface area contributed by atoms with Crippen LogP contribution in [-0.2, 0) is 28.6 Å². The Kier molecular flexibility index (Phi) is 58.7. The van der Waals surface area contributed by atoms with Gasteiger partial charge < -0.3 is 14.2 Å². The van der Waals surface area contributed by atoms with Gasteiger partial charge in [-0.05, 0) is 83.5 Å². The molecule has 0 rings (SSSR count). The van der Waals surface area contributed by atoms with E-state index in [1.54, 1.807) is 0 Å². The number of ether oxygens (including phenoxy) is 3. The van der Waals surface area contributed by atoms with Crippen molar-refractivity contribution in [3.8, 4) is 0 Å². The molecule has 0 aromatic carbocycles. The van der Waals surface area contributed by atoms with Crippen molar-refractivity contribution in [2.75, 3.05) is 13.2 Å². The summed E-state index contributed by atoms with van der Waals surface area (Å²) in [6, 6.07) is 0. The lowest BCUT2D eigenvalue weighted by Gasteiger charge is -2.18. The number of allylic oxidation sites excluding steroid dienone is 8. The van der Waals surface area contributed by atoms with Crippen LogP contribution in [0.5, 0.6) is 0 Å². The third-order valence-electron chi connectivity index (χ3n) is 14.1. The summed E-state index contributed by atoms with van der Waals surface area (Å²) in [5.41, 5.74) is 0. The first kappa shape index (κ1) is 69.4. The molecular weight excluding hydrogens is 889 g/mol. The van der Waals surface area contributed by atoms with E-state index in [1.165, 1.54) is 218 Å². The number of carbonyl (C=O) groups excluding carboxylic acids is 3. The van der Waals surface area contributed by atoms with Crippen LogP contribution < -0.4 is 0 Å². The summed E-state index contributed by atoms with van der Waals surface area (Å²) in [4.78, 5) is 37.9. The van der Waals surface area contributed by atoms with Gasteiger partial charge in [-0.3, -0.25) is 14.4 Å². The normalized spacial score (nSPS) is 12.3. The molecule has 6 nitrogen and oxygen atoms in total. The summed E-state index contributed by atoms with van der Waals surface area (Å²) in [6.07, 6.45) is 76.0. The first-order valence-electron chi connectivity index (χ1n) is 31.6. The molecule has 1 atom stereocenters. The number of rotatable bonds is 58. The highest BCUT2D eigenvalue weighted by molar-refractivity contribution is 5.71. The summed E-state index contributed by atoms with van der Waals surface area (Å²) in [7, 11) is 0. The summed E-state index contributed by atoms with van der Waals surface area (Å²) >= 11 is 0. The number of hydrogen-bond donors (Lipinski definition) is 0. The second-order valence-corrected chi connectivity index (χ2v) is 21.3. The van der Waals surface area contributed by atoms with E-state index in [4.69, 9.17) is 14.2 Å². The van der Waals surface area contributed by atoms with E-state index < -0.39 is 6.10 Å². The summed E-state index contributed by atoms with van der Waals surface area (Å²) < 4.78 is 16.8. The standard InChI is InChI=1S/C66H120O6/c1-4-7-10-13-16-18-20-22-24-25-26-27-28-29-30-31-32-33-34-35-36-37-38-39-40-41-43-44-46-48-50-53-56-59-65(68)71-62-63(61-70-64(67)58-55-52-15-12-9-6-3)72-66(69)60-57-54-51-49-47-45-42-23-21-19-17-14-11-8-5-2/h20,22-23,25-26,28-29,42,63H,4-19,21,24,27,30-41,43-62H2,1-3H3/b22-20-,26-25-,29-28-,42-23-. The predicted octanol–water partition coefficient (Wildman–Crippen LogP) is 21.4. The molecule has 0 bridgehead atoms. The molecule has 0 aliphatic rings. The van der Waals surface area contributed by atoms with Crippen LogP contribution in [0.3, 0.4) is 0 Å². The van der Waals surface area contributed by atoms with Gasteiger partial charge in [-0.1, -0.05) is 281 Å². The highest BCUT2D eigenvalue weighted by Gasteiger charge is 2.19. The highest BCUT2D eigenvalue weighted by atomic mass is 16.6. The second kappa shape index (κ2) is 60.9. The van der Waals surface area contributed by atoms with Crippen molar-refractivity contribution in [2.24, 2.45) is 0 Å². The average Bonchev–Trinajstić information content (AvgIpc) is 3.38. The molecule has 0 saturated heterocycles. The first-order valence-corrected chi connectivity index (χ1v) is 31.6. The van der Waals surface area contributed by atoms with Crippen molar-refractivity contribution in [1.29, 1.82) is 0 Å². The van der Waals surface area contributed by atoms with Gasteiger partial charge in [0, 0.05) is 19.3 Å². The third kappa shape index (κ3) is 58.3. The van der Waals surface area contributed by atoms with Crippen molar-refractivity contribution in [2.45, 2.75) is 341 Å². The minimum atomic E-state index is -0.771. The minimum absolute atomic E-state index is 0.0726. The van der Waals surface area contributed by atoms with E-state index in [1.807, 2.05) is 0 Å². The van der Waals surface area contributed by atoms with Crippen molar-refractivity contribution < 1.29 is 28.6 Å². The zero-order valence-electron chi connectivity index (χ0n) is 48.2. The molecule has 0 N–H and O–H groups in total. The Balaban J connectivity index is 3.95. The number of hydrogen-bond acceptors (Lipinski definition) is 6. The van der Waals surface area contributed by atoms with Crippen LogP contribution in [0.15, 0.2) is 48.6 Å². The second-order valence-electron chi connectivity index (χ2n) is 21.3. The van der Waals surface area contributed by atoms with Gasteiger partial charge in [0.2, 0.25) is 0 Å². The van der Waals surface area contributed by atoms with E-state index >= 15 is 0 Å². The lowest BCUT2D eigenvalue weighted by atomic mass is 10.0. The molecule has 0 radical (unpaired) electrons. The van der Waals surface area contributed by atoms with Crippen LogP contribution in [0.25, 0.3) is 0 Å². The zero-order valence-corrected chi connectivity index (χ0v) is 48.2. The van der Waals surface area contributed by atoms with Gasteiger partial charge in [-0.2, -0.15) is 0 Å². The minimum Gasteiger partial charge on any atom is -0.462 e. The summed E-state index contributed by atoms with van der Waals surface area (Å²) in [5, 5.41) is 0. The highest BCUT2D eigenvalue weighted by Crippen LogP contribution is 2.17. The maximum Gasteiger partial charge on any atom is 0.306 e. The molecule has 72 heavy (non-hydrogen) atoms. The molecule has 0 aromatic rings. The van der Waals surface area contributed by atoms with Crippen LogP contribution in [0.4, 0.5) is 0 Å². The molecule has 6 heteroatoms. The lowest BCUT2D eigenvalue weighted by Crippen LogP contribution is -2.30. The van der Waals surface area contributed by atoms with Gasteiger partial charge >= 0.3 is 17.9 Å². The number of carbonyl (C=O) groups is 3. The van der Waals surface area contributed by atoms with Crippen molar-refractivity contribution in [3.63, 3.8) is 0 Å². The van der Waals surface area contributed by atoms with E-state index in [0.29, 0.717) is 19.3 Å². The molecule has 0 amide bonds. The van der Waals surface area contributed by atoms with E-state index in [2.05, 4.69) is 69.4 Å². The van der Waals surface area contributed by atoms with Crippen molar-refractivity contribution in [3.05, 3.63) is 48.6 Å². The van der Waals surface area contributed by atoms with E-state index in [-0.39, 0.29) is 31.1 Å². The van der Waals surface area contributed by atoms with Gasteiger partial charge in [0.25, 0.3) is 0 Å². The van der Waals surface area contributed by atoms with Crippen molar-refractivity contribution in [1.82, 2.24) is 0 Å². The Morgan fingerprint density at radius 2 is 0.500 bits per heavy atom. The van der Waals surface area contributed by atoms with Crippen LogP contribution in [0.1, 0.15) is 335 Å². The smallest absolute Gasteiger partial charge is 0.306 e. The monoisotopic (exact) mass is 1010 g/mol. The largest absolute Gasteiger partial charge is 0.462 e. The topological polar surface area (TPSA) is 78.9 Å². The molecule has 0 saturated carbocycles. The molecule has 0 aliphatic carbocycles. The number of unbranched alkanes of at least 4 members (excludes halogenated alkanes) is 39. The molecule has 1 unspecified atom stereocenters. The van der Waals surface area contributed by atoms with Gasteiger partial charge in [-0.25, -0.2) is 0 Å². The van der Waals surface area contributed by atoms with E-state index in [0.717, 1.165) is 77.0 Å². The Labute approximate surface area is 448 Å². The van der Waals surface area contributed by atoms with Crippen LogP contribution >= 0.6 is 0 Å². The fourth-order valence-corrected chi connectivity index (χ4v) is 9.27. The fraction of sp³-hybridized carbons (Fsp3) is 0.833. The van der Waals surface area contributed by atoms with Gasteiger partial charge in [0.15, 0.2) is 6.10 Å². The zero-order chi connectivity index (χ0) is 52.2. The maximum atomic E-state index is 12.8. The molecule has 0 aliphatic heterocycles. The predicted molar refractivity (Wildman–Crippen MR) is 312 cm³/mol. The maximum absolute atomic E-state index is 12.8. The van der Waals surface area contributed by atoms with Crippen LogP contribution in [0, 0.1) is 0 Å². The van der Waals surface area contributed by atoms with Crippen LogP contribution in [-0.4, -0.2) is 37.2 Å². The molecule has 0 aromatic heterocycles. The molecule has 420 valence electrons. The Morgan fingerprint density at radius 1 is 0.278 bits per heavy atom. The SMILES string of the molecule is CCCCCCC/C=C\C/C=C\C/C=C\CCCCCCCCCCCCCCCCCCCCC(=O)OCC(COC(=O)CCCCCCCC)OC(=O)CCCCCCC/C=C\CCCCCCCC. The summed E-state index contributed by atoms with van der Waals surface area (Å²) in [6.45, 7) is 6.59. The van der Waals surface area contributed by atoms with Gasteiger partial charge in [0.1, 0.15) is 13.2 Å². The molecule has 0 heterocycles. The summed E-state index contributed by atoms with van der Waals surface area (Å²) in [5.74, 6) is -0.876. The Hall–Kier alpha value is -2.63. The molecule has 0 spiro atoms. The molecule has 0 fully saturated rings. The van der Waals surface area contributed by atoms with Gasteiger partial charge in [-0.15, -0.1) is 0 Å². The third-order valence-corrected chi connectivity index (χ3v) is 14.1. The quantitative estimate of drug-likeness (QED) is 0.0261. The lowest BCUT2D eigenvalue weighted by molar-refractivity contribution is -0.167. The number of esters is 3. The molecular formula is C66H120O6. The van der Waals surface area contributed by atoms with Gasteiger partial charge in [0.05, 0.1) is 0 Å². The Morgan fingerprint density at radius 3 is 0.792 bits per heavy atom.